The van der Waals surface area contributed by atoms with Crippen molar-refractivity contribution < 1.29 is 0 Å². The first-order valence-corrected chi connectivity index (χ1v) is 8.26. The maximum absolute atomic E-state index is 9.04. The maximum atomic E-state index is 9.04. The van der Waals surface area contributed by atoms with Crippen molar-refractivity contribution in [3.63, 3.8) is 0 Å². The number of anilines is 1. The van der Waals surface area contributed by atoms with Crippen LogP contribution in [0.5, 0.6) is 0 Å². The lowest BCUT2D eigenvalue weighted by Gasteiger charge is -2.57. The zero-order valence-electron chi connectivity index (χ0n) is 11.2. The molecule has 0 saturated heterocycles. The standard InChI is InChI=1S/C16H20N2S/c17-9-13-4-14(19-15(13)18)8-16-5-10-1-11(6-16)3-12(2-10)7-16/h4,10-12H,1-3,5-8,18H2. The summed E-state index contributed by atoms with van der Waals surface area (Å²) in [6.07, 6.45) is 9.95. The predicted octanol–water partition coefficient (Wildman–Crippen LogP) is 3.96. The van der Waals surface area contributed by atoms with Gasteiger partial charge in [-0.1, -0.05) is 0 Å². The summed E-state index contributed by atoms with van der Waals surface area (Å²) in [7, 11) is 0. The van der Waals surface area contributed by atoms with Crippen molar-refractivity contribution >= 4 is 16.3 Å². The van der Waals surface area contributed by atoms with Crippen LogP contribution in [-0.4, -0.2) is 0 Å². The molecule has 100 valence electrons. The molecule has 0 radical (unpaired) electrons. The van der Waals surface area contributed by atoms with Crippen LogP contribution in [0.15, 0.2) is 6.07 Å². The topological polar surface area (TPSA) is 49.8 Å². The fourth-order valence-corrected chi connectivity index (χ4v) is 6.56. The minimum absolute atomic E-state index is 0.554. The molecule has 5 rings (SSSR count). The van der Waals surface area contributed by atoms with E-state index in [1.165, 1.54) is 49.8 Å². The van der Waals surface area contributed by atoms with Gasteiger partial charge < -0.3 is 5.73 Å². The van der Waals surface area contributed by atoms with Crippen LogP contribution >= 0.6 is 11.3 Å². The molecule has 2 nitrogen and oxygen atoms in total. The van der Waals surface area contributed by atoms with Crippen molar-refractivity contribution in [3.05, 3.63) is 16.5 Å². The van der Waals surface area contributed by atoms with Gasteiger partial charge in [-0.3, -0.25) is 0 Å². The van der Waals surface area contributed by atoms with Gasteiger partial charge >= 0.3 is 0 Å². The van der Waals surface area contributed by atoms with E-state index in [2.05, 4.69) is 6.07 Å². The molecule has 4 fully saturated rings. The number of rotatable bonds is 2. The molecule has 4 aliphatic carbocycles. The Morgan fingerprint density at radius 1 is 1.21 bits per heavy atom. The summed E-state index contributed by atoms with van der Waals surface area (Å²) in [5, 5.41) is 9.75. The summed E-state index contributed by atoms with van der Waals surface area (Å²) in [6, 6.07) is 4.25. The number of nitrogens with zero attached hydrogens (tertiary/aromatic N) is 1. The molecule has 19 heavy (non-hydrogen) atoms. The molecular formula is C16H20N2S. The van der Waals surface area contributed by atoms with E-state index in [1.807, 2.05) is 6.07 Å². The van der Waals surface area contributed by atoms with Crippen LogP contribution in [-0.2, 0) is 6.42 Å². The van der Waals surface area contributed by atoms with E-state index < -0.39 is 0 Å². The molecule has 0 aliphatic heterocycles. The van der Waals surface area contributed by atoms with Gasteiger partial charge in [-0.05, 0) is 74.2 Å². The van der Waals surface area contributed by atoms with E-state index in [1.54, 1.807) is 11.3 Å². The molecule has 0 unspecified atom stereocenters. The lowest BCUT2D eigenvalue weighted by Crippen LogP contribution is -2.46. The molecule has 2 N–H and O–H groups in total. The SMILES string of the molecule is N#Cc1cc(CC23CC4CC(CC(C4)C2)C3)sc1N. The van der Waals surface area contributed by atoms with E-state index >= 15 is 0 Å². The second-order valence-electron chi connectivity index (χ2n) is 7.20. The Morgan fingerprint density at radius 2 is 1.79 bits per heavy atom. The van der Waals surface area contributed by atoms with Crippen LogP contribution in [0.4, 0.5) is 5.00 Å². The average molecular weight is 272 g/mol. The highest BCUT2D eigenvalue weighted by molar-refractivity contribution is 7.16. The number of nitrogen functional groups attached to an aromatic ring is 1. The highest BCUT2D eigenvalue weighted by Crippen LogP contribution is 2.61. The molecule has 1 aromatic rings. The molecular weight excluding hydrogens is 252 g/mol. The van der Waals surface area contributed by atoms with Crippen molar-refractivity contribution in [1.29, 1.82) is 5.26 Å². The lowest BCUT2D eigenvalue weighted by molar-refractivity contribution is -0.0517. The van der Waals surface area contributed by atoms with E-state index in [0.717, 1.165) is 17.8 Å². The Kier molecular flexibility index (Phi) is 2.48. The Bertz CT molecular complexity index is 516. The first kappa shape index (κ1) is 11.8. The Balaban J connectivity index is 1.60. The monoisotopic (exact) mass is 272 g/mol. The summed E-state index contributed by atoms with van der Waals surface area (Å²) >= 11 is 1.64. The third-order valence-corrected chi connectivity index (χ3v) is 6.61. The van der Waals surface area contributed by atoms with Gasteiger partial charge in [0, 0.05) is 4.88 Å². The van der Waals surface area contributed by atoms with Gasteiger partial charge in [-0.2, -0.15) is 5.26 Å². The van der Waals surface area contributed by atoms with Gasteiger partial charge in [0.05, 0.1) is 5.56 Å². The molecule has 4 saturated carbocycles. The van der Waals surface area contributed by atoms with Gasteiger partial charge in [-0.15, -0.1) is 11.3 Å². The highest BCUT2D eigenvalue weighted by Gasteiger charge is 2.50. The normalized spacial score (nSPS) is 39.4. The van der Waals surface area contributed by atoms with E-state index in [4.69, 9.17) is 11.0 Å². The molecule has 3 heteroatoms. The van der Waals surface area contributed by atoms with Crippen LogP contribution in [0.3, 0.4) is 0 Å². The third-order valence-electron chi connectivity index (χ3n) is 5.65. The Morgan fingerprint density at radius 3 is 2.26 bits per heavy atom. The minimum Gasteiger partial charge on any atom is -0.389 e. The van der Waals surface area contributed by atoms with Gasteiger partial charge in [0.25, 0.3) is 0 Å². The zero-order valence-corrected chi connectivity index (χ0v) is 12.0. The van der Waals surface area contributed by atoms with Crippen molar-refractivity contribution in [2.45, 2.75) is 44.9 Å². The number of hydrogen-bond acceptors (Lipinski definition) is 3. The van der Waals surface area contributed by atoms with Crippen molar-refractivity contribution in [1.82, 2.24) is 0 Å². The summed E-state index contributed by atoms with van der Waals surface area (Å²) in [4.78, 5) is 1.34. The number of thiophene rings is 1. The summed E-state index contributed by atoms with van der Waals surface area (Å²) in [6.45, 7) is 0. The Hall–Kier alpha value is -1.01. The van der Waals surface area contributed by atoms with Gasteiger partial charge in [0.1, 0.15) is 11.1 Å². The maximum Gasteiger partial charge on any atom is 0.104 e. The number of nitriles is 1. The van der Waals surface area contributed by atoms with Crippen LogP contribution in [0.2, 0.25) is 0 Å². The zero-order chi connectivity index (χ0) is 13.0. The largest absolute Gasteiger partial charge is 0.389 e. The molecule has 0 amide bonds. The molecule has 0 atom stereocenters. The highest BCUT2D eigenvalue weighted by atomic mass is 32.1. The first-order valence-electron chi connectivity index (χ1n) is 7.44. The van der Waals surface area contributed by atoms with Gasteiger partial charge in [0.2, 0.25) is 0 Å². The third kappa shape index (κ3) is 1.89. The van der Waals surface area contributed by atoms with Crippen LogP contribution in [0.25, 0.3) is 0 Å². The second kappa shape index (κ2) is 3.99. The second-order valence-corrected chi connectivity index (χ2v) is 8.37. The molecule has 1 aromatic heterocycles. The van der Waals surface area contributed by atoms with Crippen LogP contribution < -0.4 is 5.73 Å². The predicted molar refractivity (Wildman–Crippen MR) is 77.8 cm³/mol. The van der Waals surface area contributed by atoms with Gasteiger partial charge in [-0.25, -0.2) is 0 Å². The first-order chi connectivity index (χ1) is 9.16. The summed E-state index contributed by atoms with van der Waals surface area (Å²) in [5.41, 5.74) is 7.15. The van der Waals surface area contributed by atoms with Crippen molar-refractivity contribution in [2.75, 3.05) is 5.73 Å². The number of hydrogen-bond donors (Lipinski definition) is 1. The molecule has 4 bridgehead atoms. The smallest absolute Gasteiger partial charge is 0.104 e. The minimum atomic E-state index is 0.554. The van der Waals surface area contributed by atoms with Crippen LogP contribution in [0, 0.1) is 34.5 Å². The van der Waals surface area contributed by atoms with Crippen LogP contribution in [0.1, 0.15) is 49.0 Å². The van der Waals surface area contributed by atoms with Gasteiger partial charge in [0.15, 0.2) is 0 Å². The lowest BCUT2D eigenvalue weighted by atomic mass is 9.49. The van der Waals surface area contributed by atoms with E-state index in [9.17, 15) is 0 Å². The Labute approximate surface area is 118 Å². The summed E-state index contributed by atoms with van der Waals surface area (Å²) in [5.74, 6) is 3.00. The summed E-state index contributed by atoms with van der Waals surface area (Å²) < 4.78 is 0. The fourth-order valence-electron chi connectivity index (χ4n) is 5.51. The van der Waals surface area contributed by atoms with Crippen molar-refractivity contribution in [2.24, 2.45) is 23.2 Å². The molecule has 0 spiro atoms. The fraction of sp³-hybridized carbons (Fsp3) is 0.688. The average Bonchev–Trinajstić information content (AvgIpc) is 2.66. The quantitative estimate of drug-likeness (QED) is 0.886. The molecule has 4 aliphatic rings. The van der Waals surface area contributed by atoms with Crippen molar-refractivity contribution in [3.8, 4) is 6.07 Å². The molecule has 0 aromatic carbocycles. The van der Waals surface area contributed by atoms with E-state index in [0.29, 0.717) is 16.0 Å². The number of nitrogens with two attached hydrogens (primary N) is 1. The van der Waals surface area contributed by atoms with E-state index in [-0.39, 0.29) is 0 Å². The molecule has 1 heterocycles.